The molecule has 0 saturated carbocycles. The van der Waals surface area contributed by atoms with Gasteiger partial charge in [0.15, 0.2) is 0 Å². The van der Waals surface area contributed by atoms with Crippen molar-refractivity contribution in [2.45, 2.75) is 13.8 Å². The average molecular weight is 298 g/mol. The maximum Gasteiger partial charge on any atom is 0.293 e. The summed E-state index contributed by atoms with van der Waals surface area (Å²) < 4.78 is 1.67. The van der Waals surface area contributed by atoms with E-state index in [1.165, 1.54) is 6.07 Å². The van der Waals surface area contributed by atoms with E-state index in [0.717, 1.165) is 5.57 Å². The summed E-state index contributed by atoms with van der Waals surface area (Å²) in [5, 5.41) is 14.1. The predicted molar refractivity (Wildman–Crippen MR) is 80.6 cm³/mol. The molecular weight excluding hydrogens is 284 g/mol. The van der Waals surface area contributed by atoms with Crippen LogP contribution in [-0.4, -0.2) is 26.9 Å². The molecule has 112 valence electrons. The Labute approximate surface area is 126 Å². The Morgan fingerprint density at radius 2 is 2.14 bits per heavy atom. The summed E-state index contributed by atoms with van der Waals surface area (Å²) in [5.74, 6) is 0.538. The van der Waals surface area contributed by atoms with Crippen LogP contribution in [-0.2, 0) is 4.79 Å². The lowest BCUT2D eigenvalue weighted by Gasteiger charge is -2.09. The van der Waals surface area contributed by atoms with Gasteiger partial charge in [-0.2, -0.15) is 0 Å². The molecular formula is C15H14N4O3. The molecule has 0 unspecified atom stereocenters. The molecule has 22 heavy (non-hydrogen) atoms. The van der Waals surface area contributed by atoms with Crippen molar-refractivity contribution in [3.8, 4) is 5.69 Å². The van der Waals surface area contributed by atoms with E-state index in [1.54, 1.807) is 42.9 Å². The molecule has 2 heterocycles. The topological polar surface area (TPSA) is 90.1 Å². The van der Waals surface area contributed by atoms with Crippen molar-refractivity contribution in [3.05, 3.63) is 57.7 Å². The second-order valence-electron chi connectivity index (χ2n) is 5.09. The number of carbonyl (C=O) groups is 1. The van der Waals surface area contributed by atoms with E-state index in [1.807, 2.05) is 0 Å². The number of amides is 1. The summed E-state index contributed by atoms with van der Waals surface area (Å²) in [6, 6.07) is 4.99. The van der Waals surface area contributed by atoms with E-state index >= 15 is 0 Å². The summed E-state index contributed by atoms with van der Waals surface area (Å²) in [4.78, 5) is 26.6. The van der Waals surface area contributed by atoms with Crippen LogP contribution < -0.4 is 5.32 Å². The fourth-order valence-electron chi connectivity index (χ4n) is 2.58. The number of aryl methyl sites for hydroxylation is 1. The van der Waals surface area contributed by atoms with Gasteiger partial charge in [0, 0.05) is 30.6 Å². The van der Waals surface area contributed by atoms with Crippen molar-refractivity contribution in [3.63, 3.8) is 0 Å². The molecule has 0 bridgehead atoms. The fraction of sp³-hybridized carbons (Fsp3) is 0.200. The third-order valence-electron chi connectivity index (χ3n) is 3.82. The molecule has 1 aliphatic rings. The highest BCUT2D eigenvalue weighted by Gasteiger charge is 2.23. The first-order valence-corrected chi connectivity index (χ1v) is 6.76. The number of benzene rings is 1. The molecule has 1 aliphatic heterocycles. The molecule has 0 aliphatic carbocycles. The monoisotopic (exact) mass is 298 g/mol. The Kier molecular flexibility index (Phi) is 3.25. The lowest BCUT2D eigenvalue weighted by Crippen LogP contribution is -2.16. The number of hydrogen-bond acceptors (Lipinski definition) is 4. The van der Waals surface area contributed by atoms with Crippen LogP contribution in [0.2, 0.25) is 0 Å². The van der Waals surface area contributed by atoms with Crippen molar-refractivity contribution >= 4 is 17.2 Å². The van der Waals surface area contributed by atoms with Crippen molar-refractivity contribution in [2.75, 3.05) is 6.54 Å². The molecule has 1 N–H and O–H groups in total. The second kappa shape index (κ2) is 5.10. The van der Waals surface area contributed by atoms with Gasteiger partial charge in [-0.3, -0.25) is 19.5 Å². The minimum atomic E-state index is -0.418. The molecule has 0 saturated heterocycles. The van der Waals surface area contributed by atoms with Crippen molar-refractivity contribution in [1.29, 1.82) is 0 Å². The fourth-order valence-corrected chi connectivity index (χ4v) is 2.58. The number of carbonyl (C=O) groups excluding carboxylic acids is 1. The maximum absolute atomic E-state index is 11.6. The third-order valence-corrected chi connectivity index (χ3v) is 3.82. The quantitative estimate of drug-likeness (QED) is 0.693. The van der Waals surface area contributed by atoms with Crippen LogP contribution in [0.4, 0.5) is 5.69 Å². The Morgan fingerprint density at radius 1 is 1.36 bits per heavy atom. The summed E-state index contributed by atoms with van der Waals surface area (Å²) in [6.45, 7) is 3.90. The smallest absolute Gasteiger partial charge is 0.293 e. The largest absolute Gasteiger partial charge is 0.348 e. The molecule has 1 aromatic carbocycles. The van der Waals surface area contributed by atoms with Gasteiger partial charge < -0.3 is 5.32 Å². The van der Waals surface area contributed by atoms with Gasteiger partial charge in [0.2, 0.25) is 5.91 Å². The number of aromatic nitrogens is 2. The van der Waals surface area contributed by atoms with Crippen LogP contribution >= 0.6 is 0 Å². The molecule has 7 nitrogen and oxygen atoms in total. The molecule has 0 radical (unpaired) electrons. The van der Waals surface area contributed by atoms with Gasteiger partial charge in [-0.25, -0.2) is 4.98 Å². The molecule has 1 aromatic heterocycles. The van der Waals surface area contributed by atoms with E-state index < -0.39 is 4.92 Å². The van der Waals surface area contributed by atoms with Crippen molar-refractivity contribution in [2.24, 2.45) is 0 Å². The van der Waals surface area contributed by atoms with Gasteiger partial charge in [0.1, 0.15) is 11.5 Å². The first-order chi connectivity index (χ1) is 10.5. The zero-order chi connectivity index (χ0) is 15.9. The van der Waals surface area contributed by atoms with Crippen LogP contribution in [0.1, 0.15) is 18.3 Å². The minimum absolute atomic E-state index is 0.0155. The van der Waals surface area contributed by atoms with Gasteiger partial charge in [-0.1, -0.05) is 6.07 Å². The van der Waals surface area contributed by atoms with E-state index in [0.29, 0.717) is 29.2 Å². The van der Waals surface area contributed by atoms with Crippen LogP contribution in [0.3, 0.4) is 0 Å². The average Bonchev–Trinajstić information content (AvgIpc) is 3.05. The van der Waals surface area contributed by atoms with Crippen LogP contribution in [0.5, 0.6) is 0 Å². The maximum atomic E-state index is 11.6. The zero-order valence-corrected chi connectivity index (χ0v) is 12.2. The van der Waals surface area contributed by atoms with Gasteiger partial charge in [-0.05, 0) is 31.1 Å². The summed E-state index contributed by atoms with van der Waals surface area (Å²) in [6.07, 6.45) is 3.28. The van der Waals surface area contributed by atoms with Crippen LogP contribution in [0.25, 0.3) is 11.3 Å². The number of nitrogens with zero attached hydrogens (tertiary/aromatic N) is 3. The second-order valence-corrected chi connectivity index (χ2v) is 5.09. The standard InChI is InChI=1S/C15H14N4O3/c1-9-12(8-17-15(9)20)11-3-4-13(14(7-11)19(21)22)18-6-5-16-10(18)2/h3-7H,8H2,1-2H3,(H,17,20). The molecule has 3 rings (SSSR count). The van der Waals surface area contributed by atoms with Gasteiger partial charge in [0.05, 0.1) is 4.92 Å². The van der Waals surface area contributed by atoms with Crippen molar-refractivity contribution in [1.82, 2.24) is 14.9 Å². The van der Waals surface area contributed by atoms with E-state index in [9.17, 15) is 14.9 Å². The highest BCUT2D eigenvalue weighted by Crippen LogP contribution is 2.30. The molecule has 1 amide bonds. The van der Waals surface area contributed by atoms with Crippen LogP contribution in [0, 0.1) is 17.0 Å². The van der Waals surface area contributed by atoms with E-state index in [-0.39, 0.29) is 11.6 Å². The normalized spacial score (nSPS) is 14.4. The number of imidazole rings is 1. The molecule has 0 atom stereocenters. The van der Waals surface area contributed by atoms with E-state index in [2.05, 4.69) is 10.3 Å². The minimum Gasteiger partial charge on any atom is -0.348 e. The van der Waals surface area contributed by atoms with Gasteiger partial charge in [-0.15, -0.1) is 0 Å². The molecule has 7 heteroatoms. The van der Waals surface area contributed by atoms with Gasteiger partial charge >= 0.3 is 0 Å². The summed E-state index contributed by atoms with van der Waals surface area (Å²) >= 11 is 0. The molecule has 2 aromatic rings. The Morgan fingerprint density at radius 3 is 2.68 bits per heavy atom. The Bertz CT molecular complexity index is 820. The summed E-state index contributed by atoms with van der Waals surface area (Å²) in [5.41, 5.74) is 2.52. The number of nitro benzene ring substituents is 1. The highest BCUT2D eigenvalue weighted by atomic mass is 16.6. The number of rotatable bonds is 3. The Hall–Kier alpha value is -2.96. The first-order valence-electron chi connectivity index (χ1n) is 6.76. The third kappa shape index (κ3) is 2.16. The van der Waals surface area contributed by atoms with Gasteiger partial charge in [0.25, 0.3) is 5.69 Å². The number of nitro groups is 1. The van der Waals surface area contributed by atoms with Crippen molar-refractivity contribution < 1.29 is 9.72 Å². The van der Waals surface area contributed by atoms with Crippen LogP contribution in [0.15, 0.2) is 36.2 Å². The zero-order valence-electron chi connectivity index (χ0n) is 12.2. The number of hydrogen-bond donors (Lipinski definition) is 1. The summed E-state index contributed by atoms with van der Waals surface area (Å²) in [7, 11) is 0. The lowest BCUT2D eigenvalue weighted by molar-refractivity contribution is -0.384. The molecule has 0 fully saturated rings. The first kappa shape index (κ1) is 14.0. The lowest BCUT2D eigenvalue weighted by atomic mass is 10.0. The highest BCUT2D eigenvalue weighted by molar-refractivity contribution is 6.05. The Balaban J connectivity index is 2.15. The predicted octanol–water partition coefficient (Wildman–Crippen LogP) is 1.99. The SMILES string of the molecule is CC1=C(c2ccc(-n3ccnc3C)c([N+](=O)[O-])c2)CNC1=O. The molecule has 0 spiro atoms. The van der Waals surface area contributed by atoms with E-state index in [4.69, 9.17) is 0 Å². The number of nitrogens with one attached hydrogen (secondary N) is 1.